The molecule has 0 aromatic heterocycles. The third kappa shape index (κ3) is 2.93. The molecule has 0 amide bonds. The zero-order chi connectivity index (χ0) is 14.0. The molecule has 0 saturated heterocycles. The summed E-state index contributed by atoms with van der Waals surface area (Å²) in [5.74, 6) is 1.10. The second-order valence-corrected chi connectivity index (χ2v) is 4.76. The summed E-state index contributed by atoms with van der Waals surface area (Å²) in [7, 11) is 0. The van der Waals surface area contributed by atoms with Crippen LogP contribution in [-0.4, -0.2) is 0 Å². The number of benzene rings is 2. The van der Waals surface area contributed by atoms with Crippen LogP contribution in [0.2, 0.25) is 0 Å². The standard InChI is InChI=1S/C16H18FNO/c1-10-6-11(2)12(3)16(7-10)19-15-5-4-14(17)8-13(15)9-18/h4-8H,9,18H2,1-3H3. The average Bonchev–Trinajstić information content (AvgIpc) is 2.37. The highest BCUT2D eigenvalue weighted by atomic mass is 19.1. The first-order valence-corrected chi connectivity index (χ1v) is 6.25. The minimum atomic E-state index is -0.301. The van der Waals surface area contributed by atoms with Crippen molar-refractivity contribution in [1.29, 1.82) is 0 Å². The Morgan fingerprint density at radius 1 is 1.05 bits per heavy atom. The van der Waals surface area contributed by atoms with Crippen molar-refractivity contribution in [2.45, 2.75) is 27.3 Å². The second-order valence-electron chi connectivity index (χ2n) is 4.76. The third-order valence-electron chi connectivity index (χ3n) is 3.23. The van der Waals surface area contributed by atoms with E-state index in [1.807, 2.05) is 26.8 Å². The molecule has 100 valence electrons. The van der Waals surface area contributed by atoms with E-state index in [2.05, 4.69) is 6.07 Å². The lowest BCUT2D eigenvalue weighted by Crippen LogP contribution is -2.01. The Kier molecular flexibility index (Phi) is 3.86. The fraction of sp³-hybridized carbons (Fsp3) is 0.250. The van der Waals surface area contributed by atoms with Gasteiger partial charge in [0, 0.05) is 12.1 Å². The lowest BCUT2D eigenvalue weighted by Gasteiger charge is -2.14. The van der Waals surface area contributed by atoms with Crippen LogP contribution >= 0.6 is 0 Å². The maximum atomic E-state index is 13.2. The van der Waals surface area contributed by atoms with Gasteiger partial charge in [0.2, 0.25) is 0 Å². The molecule has 0 fully saturated rings. The molecule has 0 aliphatic rings. The van der Waals surface area contributed by atoms with Crippen molar-refractivity contribution in [3.05, 3.63) is 58.4 Å². The molecular weight excluding hydrogens is 241 g/mol. The number of rotatable bonds is 3. The summed E-state index contributed by atoms with van der Waals surface area (Å²) in [6.45, 7) is 6.32. The molecule has 2 N–H and O–H groups in total. The maximum Gasteiger partial charge on any atom is 0.132 e. The van der Waals surface area contributed by atoms with Crippen molar-refractivity contribution in [3.8, 4) is 11.5 Å². The van der Waals surface area contributed by atoms with E-state index in [0.717, 1.165) is 16.9 Å². The summed E-state index contributed by atoms with van der Waals surface area (Å²) in [4.78, 5) is 0. The predicted molar refractivity (Wildman–Crippen MR) is 75.0 cm³/mol. The third-order valence-corrected chi connectivity index (χ3v) is 3.23. The summed E-state index contributed by atoms with van der Waals surface area (Å²) >= 11 is 0. The van der Waals surface area contributed by atoms with Gasteiger partial charge in [-0.3, -0.25) is 0 Å². The van der Waals surface area contributed by atoms with Gasteiger partial charge in [0.25, 0.3) is 0 Å². The summed E-state index contributed by atoms with van der Waals surface area (Å²) in [6, 6.07) is 8.50. The summed E-state index contributed by atoms with van der Waals surface area (Å²) in [6.07, 6.45) is 0. The Hall–Kier alpha value is -1.87. The number of aryl methyl sites for hydroxylation is 2. The van der Waals surface area contributed by atoms with E-state index >= 15 is 0 Å². The van der Waals surface area contributed by atoms with Crippen LogP contribution in [0.3, 0.4) is 0 Å². The number of halogens is 1. The summed E-state index contributed by atoms with van der Waals surface area (Å²) < 4.78 is 19.1. The van der Waals surface area contributed by atoms with Crippen molar-refractivity contribution >= 4 is 0 Å². The van der Waals surface area contributed by atoms with Gasteiger partial charge in [0.05, 0.1) is 0 Å². The van der Waals surface area contributed by atoms with E-state index in [4.69, 9.17) is 10.5 Å². The van der Waals surface area contributed by atoms with Gasteiger partial charge >= 0.3 is 0 Å². The summed E-state index contributed by atoms with van der Waals surface area (Å²) in [5, 5.41) is 0. The SMILES string of the molecule is Cc1cc(C)c(C)c(Oc2ccc(F)cc2CN)c1. The van der Waals surface area contributed by atoms with Crippen molar-refractivity contribution in [2.75, 3.05) is 0 Å². The molecule has 3 heteroatoms. The Morgan fingerprint density at radius 2 is 1.79 bits per heavy atom. The van der Waals surface area contributed by atoms with Gasteiger partial charge < -0.3 is 10.5 Å². The molecule has 19 heavy (non-hydrogen) atoms. The van der Waals surface area contributed by atoms with E-state index in [1.54, 1.807) is 6.07 Å². The number of ether oxygens (including phenoxy) is 1. The van der Waals surface area contributed by atoms with Crippen LogP contribution in [0.1, 0.15) is 22.3 Å². The lowest BCUT2D eigenvalue weighted by molar-refractivity contribution is 0.469. The minimum absolute atomic E-state index is 0.247. The quantitative estimate of drug-likeness (QED) is 0.904. The molecule has 0 aliphatic heterocycles. The topological polar surface area (TPSA) is 35.2 Å². The fourth-order valence-electron chi connectivity index (χ4n) is 2.03. The van der Waals surface area contributed by atoms with E-state index in [1.165, 1.54) is 17.7 Å². The smallest absolute Gasteiger partial charge is 0.132 e. The van der Waals surface area contributed by atoms with Gasteiger partial charge in [-0.1, -0.05) is 6.07 Å². The van der Waals surface area contributed by atoms with Gasteiger partial charge in [0.15, 0.2) is 0 Å². The molecule has 0 atom stereocenters. The molecule has 0 spiro atoms. The van der Waals surface area contributed by atoms with Gasteiger partial charge in [-0.15, -0.1) is 0 Å². The monoisotopic (exact) mass is 259 g/mol. The van der Waals surface area contributed by atoms with Gasteiger partial charge in [-0.05, 0) is 61.7 Å². The normalized spacial score (nSPS) is 10.6. The highest BCUT2D eigenvalue weighted by Crippen LogP contribution is 2.30. The Bertz CT molecular complexity index is 608. The second kappa shape index (κ2) is 5.41. The van der Waals surface area contributed by atoms with Gasteiger partial charge in [-0.2, -0.15) is 0 Å². The van der Waals surface area contributed by atoms with Crippen LogP contribution < -0.4 is 10.5 Å². The fourth-order valence-corrected chi connectivity index (χ4v) is 2.03. The van der Waals surface area contributed by atoms with E-state index in [9.17, 15) is 4.39 Å². The van der Waals surface area contributed by atoms with Gasteiger partial charge in [0.1, 0.15) is 17.3 Å². The van der Waals surface area contributed by atoms with Gasteiger partial charge in [-0.25, -0.2) is 4.39 Å². The van der Waals surface area contributed by atoms with Crippen LogP contribution in [0, 0.1) is 26.6 Å². The minimum Gasteiger partial charge on any atom is -0.457 e. The molecule has 2 aromatic rings. The highest BCUT2D eigenvalue weighted by Gasteiger charge is 2.09. The molecule has 0 bridgehead atoms. The van der Waals surface area contributed by atoms with E-state index < -0.39 is 0 Å². The lowest BCUT2D eigenvalue weighted by atomic mass is 10.1. The molecular formula is C16H18FNO. The van der Waals surface area contributed by atoms with E-state index in [-0.39, 0.29) is 12.4 Å². The van der Waals surface area contributed by atoms with E-state index in [0.29, 0.717) is 11.3 Å². The van der Waals surface area contributed by atoms with Crippen LogP contribution in [0.15, 0.2) is 30.3 Å². The van der Waals surface area contributed by atoms with Crippen LogP contribution in [-0.2, 0) is 6.54 Å². The Balaban J connectivity index is 2.41. The average molecular weight is 259 g/mol. The van der Waals surface area contributed by atoms with Crippen molar-refractivity contribution in [3.63, 3.8) is 0 Å². The van der Waals surface area contributed by atoms with Crippen LogP contribution in [0.25, 0.3) is 0 Å². The molecule has 2 aromatic carbocycles. The van der Waals surface area contributed by atoms with Crippen LogP contribution in [0.5, 0.6) is 11.5 Å². The van der Waals surface area contributed by atoms with Crippen molar-refractivity contribution in [2.24, 2.45) is 5.73 Å². The predicted octanol–water partition coefficient (Wildman–Crippen LogP) is 4.00. The largest absolute Gasteiger partial charge is 0.457 e. The molecule has 0 unspecified atom stereocenters. The van der Waals surface area contributed by atoms with Crippen molar-refractivity contribution in [1.82, 2.24) is 0 Å². The molecule has 2 nitrogen and oxygen atoms in total. The first-order valence-electron chi connectivity index (χ1n) is 6.25. The number of nitrogens with two attached hydrogens (primary N) is 1. The molecule has 0 aliphatic carbocycles. The Labute approximate surface area is 113 Å². The molecule has 0 saturated carbocycles. The highest BCUT2D eigenvalue weighted by molar-refractivity contribution is 5.46. The summed E-state index contributed by atoms with van der Waals surface area (Å²) in [5.41, 5.74) is 9.68. The first-order chi connectivity index (χ1) is 9.01. The van der Waals surface area contributed by atoms with Crippen LogP contribution in [0.4, 0.5) is 4.39 Å². The maximum absolute atomic E-state index is 13.2. The molecule has 0 radical (unpaired) electrons. The Morgan fingerprint density at radius 3 is 2.47 bits per heavy atom. The molecule has 0 heterocycles. The zero-order valence-electron chi connectivity index (χ0n) is 11.5. The number of hydrogen-bond donors (Lipinski definition) is 1. The zero-order valence-corrected chi connectivity index (χ0v) is 11.5. The number of hydrogen-bond acceptors (Lipinski definition) is 2. The molecule has 2 rings (SSSR count). The first kappa shape index (κ1) is 13.6. The van der Waals surface area contributed by atoms with Crippen molar-refractivity contribution < 1.29 is 9.13 Å².